The molecular weight excluding hydrogens is 214 g/mol. The van der Waals surface area contributed by atoms with Gasteiger partial charge in [-0.1, -0.05) is 6.42 Å². The van der Waals surface area contributed by atoms with E-state index < -0.39 is 0 Å². The van der Waals surface area contributed by atoms with E-state index in [9.17, 15) is 4.79 Å². The van der Waals surface area contributed by atoms with Gasteiger partial charge in [0.2, 0.25) is 0 Å². The largest absolute Gasteiger partial charge is 0.306 e. The van der Waals surface area contributed by atoms with Crippen molar-refractivity contribution in [3.8, 4) is 0 Å². The quantitative estimate of drug-likeness (QED) is 0.704. The van der Waals surface area contributed by atoms with Gasteiger partial charge in [-0.05, 0) is 39.5 Å². The number of nitrogens with zero attached hydrogens (tertiary/aromatic N) is 2. The number of rotatable bonds is 0. The van der Waals surface area contributed by atoms with Crippen LogP contribution in [-0.2, 0) is 12.8 Å². The van der Waals surface area contributed by atoms with Gasteiger partial charge < -0.3 is 4.98 Å². The smallest absolute Gasteiger partial charge is 0.254 e. The van der Waals surface area contributed by atoms with E-state index in [-0.39, 0.29) is 5.56 Å². The Balaban J connectivity index is 2.40. The first kappa shape index (κ1) is 10.6. The van der Waals surface area contributed by atoms with Crippen LogP contribution in [0.5, 0.6) is 0 Å². The lowest BCUT2D eigenvalue weighted by Crippen LogP contribution is -2.19. The molecule has 0 bridgehead atoms. The van der Waals surface area contributed by atoms with Gasteiger partial charge in [0.05, 0.1) is 11.4 Å². The molecule has 0 aliphatic heterocycles. The molecule has 0 aromatic carbocycles. The molecule has 2 heterocycles. The first-order chi connectivity index (χ1) is 8.18. The van der Waals surface area contributed by atoms with E-state index in [0.717, 1.165) is 53.8 Å². The zero-order valence-corrected chi connectivity index (χ0v) is 10.3. The molecule has 3 rings (SSSR count). The summed E-state index contributed by atoms with van der Waals surface area (Å²) in [5.41, 5.74) is 5.09. The third-order valence-electron chi connectivity index (χ3n) is 3.81. The molecule has 0 spiro atoms. The number of aromatic nitrogens is 3. The lowest BCUT2D eigenvalue weighted by Gasteiger charge is -2.07. The van der Waals surface area contributed by atoms with Crippen molar-refractivity contribution in [3.05, 3.63) is 32.9 Å². The summed E-state index contributed by atoms with van der Waals surface area (Å²) in [6, 6.07) is 0. The average Bonchev–Trinajstić information content (AvgIpc) is 2.55. The van der Waals surface area contributed by atoms with Crippen molar-refractivity contribution in [1.82, 2.24) is 14.6 Å². The fraction of sp³-hybridized carbons (Fsp3) is 0.538. The maximum atomic E-state index is 12.1. The van der Waals surface area contributed by atoms with Crippen molar-refractivity contribution in [1.29, 1.82) is 0 Å². The third kappa shape index (κ3) is 1.51. The van der Waals surface area contributed by atoms with Gasteiger partial charge in [-0.15, -0.1) is 0 Å². The van der Waals surface area contributed by atoms with Crippen LogP contribution in [0.15, 0.2) is 4.79 Å². The van der Waals surface area contributed by atoms with Gasteiger partial charge in [-0.2, -0.15) is 5.10 Å². The molecule has 0 atom stereocenters. The minimum absolute atomic E-state index is 0.0809. The highest BCUT2D eigenvalue weighted by Crippen LogP contribution is 2.20. The lowest BCUT2D eigenvalue weighted by molar-refractivity contribution is 0.701. The number of fused-ring (bicyclic) bond motifs is 3. The van der Waals surface area contributed by atoms with Crippen LogP contribution in [0, 0.1) is 13.8 Å². The van der Waals surface area contributed by atoms with E-state index in [0.29, 0.717) is 0 Å². The molecule has 1 aliphatic rings. The summed E-state index contributed by atoms with van der Waals surface area (Å²) >= 11 is 0. The zero-order valence-electron chi connectivity index (χ0n) is 10.3. The Morgan fingerprint density at radius 3 is 2.76 bits per heavy atom. The fourth-order valence-electron chi connectivity index (χ4n) is 2.67. The monoisotopic (exact) mass is 231 g/mol. The third-order valence-corrected chi connectivity index (χ3v) is 3.81. The molecule has 17 heavy (non-hydrogen) atoms. The van der Waals surface area contributed by atoms with E-state index in [1.54, 1.807) is 0 Å². The van der Waals surface area contributed by atoms with Crippen molar-refractivity contribution in [2.24, 2.45) is 0 Å². The maximum absolute atomic E-state index is 12.1. The summed E-state index contributed by atoms with van der Waals surface area (Å²) < 4.78 is 1.95. The summed E-state index contributed by atoms with van der Waals surface area (Å²) in [4.78, 5) is 15.1. The minimum Gasteiger partial charge on any atom is -0.306 e. The van der Waals surface area contributed by atoms with Gasteiger partial charge in [-0.25, -0.2) is 4.52 Å². The highest BCUT2D eigenvalue weighted by atomic mass is 16.1. The van der Waals surface area contributed by atoms with Gasteiger partial charge in [0.25, 0.3) is 5.56 Å². The summed E-state index contributed by atoms with van der Waals surface area (Å²) in [6.45, 7) is 4.00. The van der Waals surface area contributed by atoms with Crippen LogP contribution in [0.1, 0.15) is 41.8 Å². The molecule has 1 aliphatic carbocycles. The van der Waals surface area contributed by atoms with Crippen LogP contribution >= 0.6 is 0 Å². The molecule has 4 nitrogen and oxygen atoms in total. The Morgan fingerprint density at radius 2 is 1.94 bits per heavy atom. The summed E-state index contributed by atoms with van der Waals surface area (Å²) in [6.07, 6.45) is 5.33. The van der Waals surface area contributed by atoms with E-state index >= 15 is 0 Å². The number of H-pyrrole nitrogens is 1. The van der Waals surface area contributed by atoms with Crippen LogP contribution in [0.25, 0.3) is 5.65 Å². The molecule has 4 heteroatoms. The number of hydrogen-bond donors (Lipinski definition) is 1. The van der Waals surface area contributed by atoms with Crippen LogP contribution in [0.2, 0.25) is 0 Å². The van der Waals surface area contributed by atoms with Gasteiger partial charge in [0.15, 0.2) is 0 Å². The van der Waals surface area contributed by atoms with Gasteiger partial charge in [-0.3, -0.25) is 4.79 Å². The van der Waals surface area contributed by atoms with Gasteiger partial charge in [0.1, 0.15) is 5.65 Å². The van der Waals surface area contributed by atoms with Crippen LogP contribution in [0.3, 0.4) is 0 Å². The Kier molecular flexibility index (Phi) is 2.31. The molecule has 0 saturated carbocycles. The molecule has 0 radical (unpaired) electrons. The number of nitrogens with one attached hydrogen (secondary N) is 1. The average molecular weight is 231 g/mol. The summed E-state index contributed by atoms with van der Waals surface area (Å²) in [7, 11) is 0. The van der Waals surface area contributed by atoms with Crippen LogP contribution in [-0.4, -0.2) is 14.6 Å². The molecule has 90 valence electrons. The van der Waals surface area contributed by atoms with E-state index in [4.69, 9.17) is 0 Å². The SMILES string of the molecule is Cc1nn2c3c(c(=O)[nH]c2c1C)CCCCC3. The standard InChI is InChI=1S/C13H17N3O/c1-8-9(2)15-16-11-7-5-3-4-6-10(11)13(17)14-12(8)16/h3-7H2,1-2H3,(H,14,17). The summed E-state index contributed by atoms with van der Waals surface area (Å²) in [5, 5.41) is 4.56. The van der Waals surface area contributed by atoms with Crippen molar-refractivity contribution >= 4 is 5.65 Å². The van der Waals surface area contributed by atoms with Crippen molar-refractivity contribution in [3.63, 3.8) is 0 Å². The first-order valence-electron chi connectivity index (χ1n) is 6.28. The van der Waals surface area contributed by atoms with Crippen molar-refractivity contribution in [2.45, 2.75) is 46.0 Å². The predicted molar refractivity (Wildman–Crippen MR) is 66.5 cm³/mol. The molecule has 2 aromatic heterocycles. The van der Waals surface area contributed by atoms with E-state index in [1.165, 1.54) is 6.42 Å². The Morgan fingerprint density at radius 1 is 1.18 bits per heavy atom. The molecule has 0 unspecified atom stereocenters. The Hall–Kier alpha value is -1.58. The lowest BCUT2D eigenvalue weighted by atomic mass is 10.1. The van der Waals surface area contributed by atoms with Crippen LogP contribution in [0.4, 0.5) is 0 Å². The van der Waals surface area contributed by atoms with Gasteiger partial charge in [0, 0.05) is 11.1 Å². The predicted octanol–water partition coefficient (Wildman–Crippen LogP) is 1.91. The fourth-order valence-corrected chi connectivity index (χ4v) is 2.67. The molecule has 1 N–H and O–H groups in total. The molecular formula is C13H17N3O. The highest BCUT2D eigenvalue weighted by Gasteiger charge is 2.18. The van der Waals surface area contributed by atoms with E-state index in [1.807, 2.05) is 18.4 Å². The van der Waals surface area contributed by atoms with Crippen molar-refractivity contribution in [2.75, 3.05) is 0 Å². The first-order valence-corrected chi connectivity index (χ1v) is 6.28. The molecule has 0 saturated heterocycles. The Bertz CT molecular complexity index is 636. The second-order valence-corrected chi connectivity index (χ2v) is 4.91. The molecule has 0 fully saturated rings. The topological polar surface area (TPSA) is 50.2 Å². The number of aromatic amines is 1. The molecule has 0 amide bonds. The second kappa shape index (κ2) is 3.72. The zero-order chi connectivity index (χ0) is 12.0. The maximum Gasteiger partial charge on any atom is 0.254 e. The van der Waals surface area contributed by atoms with Gasteiger partial charge >= 0.3 is 0 Å². The number of hydrogen-bond acceptors (Lipinski definition) is 2. The normalized spacial score (nSPS) is 15.9. The number of aryl methyl sites for hydroxylation is 3. The van der Waals surface area contributed by atoms with E-state index in [2.05, 4.69) is 10.1 Å². The molecule has 2 aromatic rings. The van der Waals surface area contributed by atoms with Crippen LogP contribution < -0.4 is 5.56 Å². The second-order valence-electron chi connectivity index (χ2n) is 4.91. The summed E-state index contributed by atoms with van der Waals surface area (Å²) in [5.74, 6) is 0. The van der Waals surface area contributed by atoms with Crippen molar-refractivity contribution < 1.29 is 0 Å². The minimum atomic E-state index is 0.0809. The highest BCUT2D eigenvalue weighted by molar-refractivity contribution is 5.50. The Labute approximate surface area is 99.7 Å².